The van der Waals surface area contributed by atoms with Crippen LogP contribution in [-0.4, -0.2) is 42.4 Å². The molecular weight excluding hydrogens is 256 g/mol. The third-order valence-electron chi connectivity index (χ3n) is 3.51. The van der Waals surface area contributed by atoms with Crippen LogP contribution in [0.1, 0.15) is 25.8 Å². The normalized spacial score (nSPS) is 14.1. The zero-order chi connectivity index (χ0) is 14.5. The van der Waals surface area contributed by atoms with Gasteiger partial charge in [0.1, 0.15) is 13.2 Å². The van der Waals surface area contributed by atoms with Crippen molar-refractivity contribution in [2.75, 3.05) is 32.1 Å². The van der Waals surface area contributed by atoms with Crippen molar-refractivity contribution < 1.29 is 14.6 Å². The number of rotatable bonds is 6. The number of hydrogen-bond donors (Lipinski definition) is 2. The molecule has 0 fully saturated rings. The molecule has 20 heavy (non-hydrogen) atoms. The van der Waals surface area contributed by atoms with Crippen molar-refractivity contribution in [3.8, 4) is 11.5 Å². The molecule has 0 radical (unpaired) electrons. The van der Waals surface area contributed by atoms with Crippen LogP contribution in [-0.2, 0) is 6.54 Å². The lowest BCUT2D eigenvalue weighted by Gasteiger charge is -2.28. The summed E-state index contributed by atoms with van der Waals surface area (Å²) in [5.41, 5.74) is 7.88. The fraction of sp³-hybridized carbons (Fsp3) is 0.600. The van der Waals surface area contributed by atoms with Gasteiger partial charge in [0.05, 0.1) is 0 Å². The Morgan fingerprint density at radius 1 is 1.25 bits per heavy atom. The van der Waals surface area contributed by atoms with E-state index in [2.05, 4.69) is 18.7 Å². The van der Waals surface area contributed by atoms with Crippen LogP contribution in [0.4, 0.5) is 5.69 Å². The summed E-state index contributed by atoms with van der Waals surface area (Å²) in [6, 6.07) is 4.21. The molecule has 5 nitrogen and oxygen atoms in total. The molecule has 1 aliphatic rings. The molecule has 1 heterocycles. The molecule has 0 atom stereocenters. The smallest absolute Gasteiger partial charge is 0.163 e. The standard InChI is InChI=1S/C15H24N2O3/c1-11(2)17(4-3-5-18)10-12-8-14-15(9-13(12)16)20-7-6-19-14/h8-9,11,18H,3-7,10,16H2,1-2H3. The molecule has 0 saturated carbocycles. The maximum atomic E-state index is 8.99. The molecule has 0 amide bonds. The van der Waals surface area contributed by atoms with Crippen molar-refractivity contribution in [1.82, 2.24) is 4.90 Å². The predicted octanol–water partition coefficient (Wildman–Crippen LogP) is 1.63. The first-order chi connectivity index (χ1) is 9.61. The van der Waals surface area contributed by atoms with Gasteiger partial charge in [-0.2, -0.15) is 0 Å². The van der Waals surface area contributed by atoms with Gasteiger partial charge in [0.2, 0.25) is 0 Å². The first-order valence-electron chi connectivity index (χ1n) is 7.14. The highest BCUT2D eigenvalue weighted by atomic mass is 16.6. The Bertz CT molecular complexity index is 449. The molecule has 0 aromatic heterocycles. The number of hydrogen-bond acceptors (Lipinski definition) is 5. The van der Waals surface area contributed by atoms with Gasteiger partial charge in [0, 0.05) is 37.5 Å². The molecule has 2 rings (SSSR count). The summed E-state index contributed by atoms with van der Waals surface area (Å²) in [4.78, 5) is 2.29. The quantitative estimate of drug-likeness (QED) is 0.775. The van der Waals surface area contributed by atoms with Crippen LogP contribution in [0.15, 0.2) is 12.1 Å². The topological polar surface area (TPSA) is 68.0 Å². The van der Waals surface area contributed by atoms with Gasteiger partial charge in [0.25, 0.3) is 0 Å². The SMILES string of the molecule is CC(C)N(CCCO)Cc1cc2c(cc1N)OCCO2. The van der Waals surface area contributed by atoms with Crippen molar-refractivity contribution in [1.29, 1.82) is 0 Å². The molecule has 5 heteroatoms. The Morgan fingerprint density at radius 3 is 2.50 bits per heavy atom. The van der Waals surface area contributed by atoms with Gasteiger partial charge in [-0.1, -0.05) is 0 Å². The molecule has 3 N–H and O–H groups in total. The summed E-state index contributed by atoms with van der Waals surface area (Å²) in [7, 11) is 0. The number of ether oxygens (including phenoxy) is 2. The van der Waals surface area contributed by atoms with E-state index >= 15 is 0 Å². The van der Waals surface area contributed by atoms with E-state index in [-0.39, 0.29) is 6.61 Å². The van der Waals surface area contributed by atoms with Crippen LogP contribution in [0.25, 0.3) is 0 Å². The van der Waals surface area contributed by atoms with E-state index in [9.17, 15) is 0 Å². The third kappa shape index (κ3) is 3.55. The second kappa shape index (κ2) is 6.81. The molecule has 1 aromatic carbocycles. The highest BCUT2D eigenvalue weighted by Gasteiger charge is 2.17. The second-order valence-electron chi connectivity index (χ2n) is 5.34. The fourth-order valence-electron chi connectivity index (χ4n) is 2.30. The highest BCUT2D eigenvalue weighted by molar-refractivity contribution is 5.58. The Hall–Kier alpha value is -1.46. The molecule has 112 valence electrons. The van der Waals surface area contributed by atoms with Crippen LogP contribution < -0.4 is 15.2 Å². The van der Waals surface area contributed by atoms with Crippen LogP contribution in [0.3, 0.4) is 0 Å². The van der Waals surface area contributed by atoms with Crippen molar-refractivity contribution in [2.24, 2.45) is 0 Å². The minimum atomic E-state index is 0.208. The summed E-state index contributed by atoms with van der Waals surface area (Å²) in [5.74, 6) is 1.50. The first kappa shape index (κ1) is 14.9. The second-order valence-corrected chi connectivity index (χ2v) is 5.34. The maximum absolute atomic E-state index is 8.99. The van der Waals surface area contributed by atoms with E-state index in [0.717, 1.165) is 42.3 Å². The van der Waals surface area contributed by atoms with E-state index in [4.69, 9.17) is 20.3 Å². The number of nitrogen functional groups attached to an aromatic ring is 1. The fourth-order valence-corrected chi connectivity index (χ4v) is 2.30. The molecule has 0 bridgehead atoms. The van der Waals surface area contributed by atoms with Crippen LogP contribution in [0.2, 0.25) is 0 Å². The molecule has 1 aliphatic heterocycles. The van der Waals surface area contributed by atoms with Gasteiger partial charge >= 0.3 is 0 Å². The minimum Gasteiger partial charge on any atom is -0.486 e. The Kier molecular flexibility index (Phi) is 5.09. The summed E-state index contributed by atoms with van der Waals surface area (Å²) in [6.07, 6.45) is 0.767. The lowest BCUT2D eigenvalue weighted by molar-refractivity contribution is 0.169. The van der Waals surface area contributed by atoms with Crippen molar-refractivity contribution in [3.63, 3.8) is 0 Å². The van der Waals surface area contributed by atoms with Gasteiger partial charge in [-0.15, -0.1) is 0 Å². The van der Waals surface area contributed by atoms with Crippen LogP contribution >= 0.6 is 0 Å². The van der Waals surface area contributed by atoms with Crippen molar-refractivity contribution in [2.45, 2.75) is 32.9 Å². The van der Waals surface area contributed by atoms with Crippen molar-refractivity contribution >= 4 is 5.69 Å². The molecule has 0 aliphatic carbocycles. The Balaban J connectivity index is 2.14. The summed E-state index contributed by atoms with van der Waals surface area (Å²) in [6.45, 7) is 7.24. The minimum absolute atomic E-state index is 0.208. The Labute approximate surface area is 120 Å². The predicted molar refractivity (Wildman–Crippen MR) is 79.1 cm³/mol. The number of benzene rings is 1. The number of anilines is 1. The summed E-state index contributed by atoms with van der Waals surface area (Å²) >= 11 is 0. The maximum Gasteiger partial charge on any atom is 0.163 e. The summed E-state index contributed by atoms with van der Waals surface area (Å²) < 4.78 is 11.1. The van der Waals surface area contributed by atoms with Gasteiger partial charge in [0.15, 0.2) is 11.5 Å². The summed E-state index contributed by atoms with van der Waals surface area (Å²) in [5, 5.41) is 8.99. The third-order valence-corrected chi connectivity index (χ3v) is 3.51. The van der Waals surface area contributed by atoms with E-state index in [1.54, 1.807) is 0 Å². The first-order valence-corrected chi connectivity index (χ1v) is 7.14. The average molecular weight is 280 g/mol. The molecule has 0 spiro atoms. The average Bonchev–Trinajstić information content (AvgIpc) is 2.43. The lowest BCUT2D eigenvalue weighted by Crippen LogP contribution is -2.32. The van der Waals surface area contributed by atoms with E-state index in [1.165, 1.54) is 0 Å². The van der Waals surface area contributed by atoms with Gasteiger partial charge in [-0.05, 0) is 31.9 Å². The Morgan fingerprint density at radius 2 is 1.90 bits per heavy atom. The number of fused-ring (bicyclic) bond motifs is 1. The van der Waals surface area contributed by atoms with Gasteiger partial charge < -0.3 is 20.3 Å². The lowest BCUT2D eigenvalue weighted by atomic mass is 10.1. The number of nitrogens with zero attached hydrogens (tertiary/aromatic N) is 1. The molecule has 0 unspecified atom stereocenters. The van der Waals surface area contributed by atoms with Crippen LogP contribution in [0.5, 0.6) is 11.5 Å². The van der Waals surface area contributed by atoms with E-state index in [1.807, 2.05) is 12.1 Å². The monoisotopic (exact) mass is 280 g/mol. The number of nitrogens with two attached hydrogens (primary N) is 1. The van der Waals surface area contributed by atoms with Crippen LogP contribution in [0, 0.1) is 0 Å². The zero-order valence-corrected chi connectivity index (χ0v) is 12.3. The zero-order valence-electron chi connectivity index (χ0n) is 12.3. The molecule has 1 aromatic rings. The number of aliphatic hydroxyl groups is 1. The van der Waals surface area contributed by atoms with Gasteiger partial charge in [-0.25, -0.2) is 0 Å². The van der Waals surface area contributed by atoms with E-state index < -0.39 is 0 Å². The molecule has 0 saturated heterocycles. The molecular formula is C15H24N2O3. The van der Waals surface area contributed by atoms with Gasteiger partial charge in [-0.3, -0.25) is 4.90 Å². The van der Waals surface area contributed by atoms with Crippen molar-refractivity contribution in [3.05, 3.63) is 17.7 Å². The van der Waals surface area contributed by atoms with E-state index in [0.29, 0.717) is 19.3 Å². The highest BCUT2D eigenvalue weighted by Crippen LogP contribution is 2.35. The number of aliphatic hydroxyl groups excluding tert-OH is 1. The largest absolute Gasteiger partial charge is 0.486 e.